The van der Waals surface area contributed by atoms with Crippen molar-refractivity contribution >= 4 is 34.0 Å². The van der Waals surface area contributed by atoms with E-state index in [2.05, 4.69) is 4.98 Å². The van der Waals surface area contributed by atoms with Gasteiger partial charge in [-0.3, -0.25) is 9.20 Å². The molecule has 0 saturated carbocycles. The van der Waals surface area contributed by atoms with Gasteiger partial charge in [-0.2, -0.15) is 0 Å². The normalized spacial score (nSPS) is 11.0. The van der Waals surface area contributed by atoms with E-state index in [9.17, 15) is 9.90 Å². The summed E-state index contributed by atoms with van der Waals surface area (Å²) in [4.78, 5) is 17.3. The maximum atomic E-state index is 12.8. The number of pyridine rings is 1. The molecule has 5 heteroatoms. The van der Waals surface area contributed by atoms with E-state index in [0.717, 1.165) is 11.3 Å². The van der Waals surface area contributed by atoms with Gasteiger partial charge in [-0.25, -0.2) is 4.98 Å². The van der Waals surface area contributed by atoms with Gasteiger partial charge < -0.3 is 5.11 Å². The third-order valence-corrected chi connectivity index (χ3v) is 4.23. The third-order valence-electron chi connectivity index (χ3n) is 3.36. The van der Waals surface area contributed by atoms with Crippen molar-refractivity contribution in [3.05, 3.63) is 63.1 Å². The van der Waals surface area contributed by atoms with Crippen molar-refractivity contribution in [1.29, 1.82) is 0 Å². The highest BCUT2D eigenvalue weighted by atomic mass is 127. The Hall–Kier alpha value is -1.89. The Morgan fingerprint density at radius 2 is 2.14 bits per heavy atom. The van der Waals surface area contributed by atoms with E-state index < -0.39 is 0 Å². The molecule has 0 saturated heterocycles. The molecular weight excluding hydrogens is 379 g/mol. The van der Waals surface area contributed by atoms with Gasteiger partial charge in [-0.05, 0) is 59.3 Å². The van der Waals surface area contributed by atoms with Gasteiger partial charge in [-0.15, -0.1) is 0 Å². The van der Waals surface area contributed by atoms with Crippen LogP contribution >= 0.6 is 22.6 Å². The number of phenols is 1. The zero-order chi connectivity index (χ0) is 15.0. The maximum absolute atomic E-state index is 12.8. The molecule has 3 aromatic rings. The van der Waals surface area contributed by atoms with E-state index in [-0.39, 0.29) is 11.5 Å². The van der Waals surface area contributed by atoms with Crippen LogP contribution < -0.4 is 0 Å². The van der Waals surface area contributed by atoms with Crippen LogP contribution in [0.15, 0.2) is 42.6 Å². The zero-order valence-electron chi connectivity index (χ0n) is 11.4. The summed E-state index contributed by atoms with van der Waals surface area (Å²) in [6.07, 6.45) is 2.54. The molecule has 0 fully saturated rings. The lowest BCUT2D eigenvalue weighted by atomic mass is 10.1. The minimum absolute atomic E-state index is 0.0801. The fraction of sp³-hybridized carbons (Fsp3) is 0.125. The molecule has 0 aliphatic heterocycles. The van der Waals surface area contributed by atoms with Gasteiger partial charge in [0.05, 0.1) is 9.26 Å². The summed E-state index contributed by atoms with van der Waals surface area (Å²) in [5.74, 6) is 0.101. The van der Waals surface area contributed by atoms with Crippen molar-refractivity contribution in [2.45, 2.75) is 13.3 Å². The highest BCUT2D eigenvalue weighted by molar-refractivity contribution is 14.1. The molecule has 0 unspecified atom stereocenters. The Balaban J connectivity index is 2.18. The summed E-state index contributed by atoms with van der Waals surface area (Å²) in [6, 6.07) is 10.5. The van der Waals surface area contributed by atoms with E-state index in [1.54, 1.807) is 18.2 Å². The number of aromatic hydroxyl groups is 1. The van der Waals surface area contributed by atoms with Gasteiger partial charge in [0, 0.05) is 11.8 Å². The van der Waals surface area contributed by atoms with Gasteiger partial charge >= 0.3 is 0 Å². The Labute approximate surface area is 135 Å². The molecule has 1 aromatic carbocycles. The van der Waals surface area contributed by atoms with Crippen LogP contribution in [0.3, 0.4) is 0 Å². The standard InChI is InChI=1S/C16H13IN2O2/c1-2-12-15(19-8-4-3-5-14(19)18-12)16(21)10-6-7-13(20)11(17)9-10/h3-9,20H,2H2,1H3. The molecule has 0 aliphatic rings. The van der Waals surface area contributed by atoms with E-state index in [1.807, 2.05) is 58.3 Å². The molecule has 21 heavy (non-hydrogen) atoms. The monoisotopic (exact) mass is 392 g/mol. The molecule has 0 bridgehead atoms. The largest absolute Gasteiger partial charge is 0.507 e. The number of aromatic nitrogens is 2. The van der Waals surface area contributed by atoms with Crippen molar-refractivity contribution in [2.24, 2.45) is 0 Å². The number of hydrogen-bond donors (Lipinski definition) is 1. The Morgan fingerprint density at radius 3 is 2.86 bits per heavy atom. The van der Waals surface area contributed by atoms with Crippen molar-refractivity contribution < 1.29 is 9.90 Å². The number of nitrogens with zero attached hydrogens (tertiary/aromatic N) is 2. The highest BCUT2D eigenvalue weighted by Crippen LogP contribution is 2.23. The van der Waals surface area contributed by atoms with Crippen LogP contribution in [0.2, 0.25) is 0 Å². The number of benzene rings is 1. The van der Waals surface area contributed by atoms with Crippen LogP contribution in [0.25, 0.3) is 5.65 Å². The lowest BCUT2D eigenvalue weighted by Crippen LogP contribution is -2.08. The van der Waals surface area contributed by atoms with Crippen LogP contribution in [-0.4, -0.2) is 20.3 Å². The molecule has 0 spiro atoms. The fourth-order valence-corrected chi connectivity index (χ4v) is 2.83. The molecule has 0 atom stereocenters. The predicted octanol–water partition coefficient (Wildman–Crippen LogP) is 3.44. The number of carbonyl (C=O) groups is 1. The predicted molar refractivity (Wildman–Crippen MR) is 88.8 cm³/mol. The van der Waals surface area contributed by atoms with Crippen LogP contribution in [0.1, 0.15) is 28.7 Å². The number of ketones is 1. The van der Waals surface area contributed by atoms with Crippen LogP contribution in [0.4, 0.5) is 0 Å². The number of halogens is 1. The molecule has 4 nitrogen and oxygen atoms in total. The minimum Gasteiger partial charge on any atom is -0.507 e. The van der Waals surface area contributed by atoms with E-state index in [4.69, 9.17) is 0 Å². The topological polar surface area (TPSA) is 54.6 Å². The van der Waals surface area contributed by atoms with E-state index in [0.29, 0.717) is 21.2 Å². The highest BCUT2D eigenvalue weighted by Gasteiger charge is 2.20. The molecule has 2 aromatic heterocycles. The van der Waals surface area contributed by atoms with Crippen molar-refractivity contribution in [3.8, 4) is 5.75 Å². The van der Waals surface area contributed by atoms with Gasteiger partial charge in [0.2, 0.25) is 5.78 Å². The summed E-state index contributed by atoms with van der Waals surface area (Å²) in [7, 11) is 0. The second-order valence-corrected chi connectivity index (χ2v) is 5.85. The SMILES string of the molecule is CCc1nc2ccccn2c1C(=O)c1ccc(O)c(I)c1. The number of carbonyl (C=O) groups excluding carboxylic acids is 1. The average molecular weight is 392 g/mol. The van der Waals surface area contributed by atoms with Gasteiger partial charge in [0.1, 0.15) is 17.1 Å². The van der Waals surface area contributed by atoms with Gasteiger partial charge in [0.25, 0.3) is 0 Å². The minimum atomic E-state index is -0.0801. The smallest absolute Gasteiger partial charge is 0.211 e. The number of rotatable bonds is 3. The Morgan fingerprint density at radius 1 is 1.33 bits per heavy atom. The molecule has 3 rings (SSSR count). The first-order valence-electron chi connectivity index (χ1n) is 6.61. The number of hydrogen-bond acceptors (Lipinski definition) is 3. The number of fused-ring (bicyclic) bond motifs is 1. The summed E-state index contributed by atoms with van der Waals surface area (Å²) < 4.78 is 2.48. The Bertz CT molecular complexity index is 839. The fourth-order valence-electron chi connectivity index (χ4n) is 2.32. The number of phenolic OH excluding ortho intramolecular Hbond substituents is 1. The van der Waals surface area contributed by atoms with E-state index in [1.165, 1.54) is 0 Å². The lowest BCUT2D eigenvalue weighted by Gasteiger charge is -2.05. The molecule has 0 amide bonds. The molecule has 0 radical (unpaired) electrons. The van der Waals surface area contributed by atoms with Crippen molar-refractivity contribution in [3.63, 3.8) is 0 Å². The molecular formula is C16H13IN2O2. The average Bonchev–Trinajstić information content (AvgIpc) is 2.87. The summed E-state index contributed by atoms with van der Waals surface area (Å²) in [5.41, 5.74) is 2.70. The van der Waals surface area contributed by atoms with Crippen LogP contribution in [-0.2, 0) is 6.42 Å². The van der Waals surface area contributed by atoms with E-state index >= 15 is 0 Å². The second kappa shape index (κ2) is 5.48. The summed E-state index contributed by atoms with van der Waals surface area (Å²) >= 11 is 2.01. The van der Waals surface area contributed by atoms with Gasteiger partial charge in [-0.1, -0.05) is 13.0 Å². The Kier molecular flexibility index (Phi) is 3.67. The van der Waals surface area contributed by atoms with Crippen molar-refractivity contribution in [2.75, 3.05) is 0 Å². The van der Waals surface area contributed by atoms with Crippen molar-refractivity contribution in [1.82, 2.24) is 9.38 Å². The number of imidazole rings is 1. The van der Waals surface area contributed by atoms with Gasteiger partial charge in [0.15, 0.2) is 0 Å². The summed E-state index contributed by atoms with van der Waals surface area (Å²) in [5, 5.41) is 9.59. The lowest BCUT2D eigenvalue weighted by molar-refractivity contribution is 0.103. The third kappa shape index (κ3) is 2.42. The summed E-state index contributed by atoms with van der Waals surface area (Å²) in [6.45, 7) is 1.99. The second-order valence-electron chi connectivity index (χ2n) is 4.68. The first-order valence-corrected chi connectivity index (χ1v) is 7.69. The number of aryl methyl sites for hydroxylation is 1. The molecule has 1 N–H and O–H groups in total. The molecule has 0 aliphatic carbocycles. The molecule has 2 heterocycles. The first-order chi connectivity index (χ1) is 10.1. The zero-order valence-corrected chi connectivity index (χ0v) is 13.5. The molecule has 106 valence electrons. The van der Waals surface area contributed by atoms with Crippen LogP contribution in [0.5, 0.6) is 5.75 Å². The maximum Gasteiger partial charge on any atom is 0.211 e. The van der Waals surface area contributed by atoms with Crippen LogP contribution in [0, 0.1) is 3.57 Å². The first kappa shape index (κ1) is 14.1. The quantitative estimate of drug-likeness (QED) is 0.549.